The zero-order valence-corrected chi connectivity index (χ0v) is 17.9. The van der Waals surface area contributed by atoms with Crippen LogP contribution in [0.4, 0.5) is 13.2 Å². The van der Waals surface area contributed by atoms with Crippen LogP contribution in [-0.2, 0) is 6.54 Å². The molecule has 0 radical (unpaired) electrons. The summed E-state index contributed by atoms with van der Waals surface area (Å²) in [6, 6.07) is 7.22. The van der Waals surface area contributed by atoms with Crippen molar-refractivity contribution in [3.05, 3.63) is 47.9 Å². The third-order valence-electron chi connectivity index (χ3n) is 5.20. The van der Waals surface area contributed by atoms with E-state index in [1.165, 1.54) is 17.0 Å². The molecule has 3 heterocycles. The number of rotatable bonds is 5. The van der Waals surface area contributed by atoms with Gasteiger partial charge in [0, 0.05) is 23.5 Å². The van der Waals surface area contributed by atoms with Crippen LogP contribution in [0.3, 0.4) is 0 Å². The molecule has 0 atom stereocenters. The lowest BCUT2D eigenvalue weighted by molar-refractivity contribution is -0.142. The van der Waals surface area contributed by atoms with E-state index in [-0.39, 0.29) is 5.88 Å². The van der Waals surface area contributed by atoms with Gasteiger partial charge < -0.3 is 14.6 Å². The first-order chi connectivity index (χ1) is 15.1. The van der Waals surface area contributed by atoms with Gasteiger partial charge in [-0.3, -0.25) is 9.25 Å². The van der Waals surface area contributed by atoms with Gasteiger partial charge in [-0.1, -0.05) is 0 Å². The van der Waals surface area contributed by atoms with E-state index in [1.54, 1.807) is 27.2 Å². The lowest BCUT2D eigenvalue weighted by atomic mass is 10.1. The highest BCUT2D eigenvalue weighted by atomic mass is 19.4. The predicted molar refractivity (Wildman–Crippen MR) is 113 cm³/mol. The second-order valence-electron chi connectivity index (χ2n) is 7.41. The molecule has 3 aromatic heterocycles. The molecule has 7 nitrogen and oxygen atoms in total. The van der Waals surface area contributed by atoms with Crippen LogP contribution in [0.5, 0.6) is 17.4 Å². The summed E-state index contributed by atoms with van der Waals surface area (Å²) in [5, 5.41) is 15.2. The van der Waals surface area contributed by atoms with Crippen molar-refractivity contribution in [3.8, 4) is 34.3 Å². The lowest BCUT2D eigenvalue weighted by Crippen LogP contribution is -2.17. The molecule has 0 aliphatic carbocycles. The number of fused-ring (bicyclic) bond motifs is 1. The van der Waals surface area contributed by atoms with Gasteiger partial charge in [0.2, 0.25) is 5.88 Å². The molecule has 0 aliphatic heterocycles. The van der Waals surface area contributed by atoms with Gasteiger partial charge in [0.15, 0.2) is 0 Å². The van der Waals surface area contributed by atoms with Crippen LogP contribution in [0.25, 0.3) is 27.8 Å². The molecule has 0 saturated heterocycles. The summed E-state index contributed by atoms with van der Waals surface area (Å²) in [5.74, 6) is 1.10. The Morgan fingerprint density at radius 2 is 1.69 bits per heavy atom. The van der Waals surface area contributed by atoms with Crippen LogP contribution in [0.15, 0.2) is 36.7 Å². The van der Waals surface area contributed by atoms with Crippen LogP contribution >= 0.6 is 0 Å². The Morgan fingerprint density at radius 1 is 1.03 bits per heavy atom. The van der Waals surface area contributed by atoms with Gasteiger partial charge in [0.1, 0.15) is 18.0 Å². The fraction of sp³-hybridized carbons (Fsp3) is 0.273. The van der Waals surface area contributed by atoms with Crippen LogP contribution in [-0.4, -0.2) is 44.8 Å². The molecule has 0 fully saturated rings. The molecule has 0 saturated carbocycles. The number of aromatic hydroxyl groups is 1. The van der Waals surface area contributed by atoms with Gasteiger partial charge in [-0.2, -0.15) is 18.3 Å². The molecule has 1 N–H and O–H groups in total. The highest BCUT2D eigenvalue weighted by Gasteiger charge is 2.29. The van der Waals surface area contributed by atoms with Crippen molar-refractivity contribution < 1.29 is 27.8 Å². The Hall–Kier alpha value is -3.69. The number of hydrogen-bond donors (Lipinski definition) is 1. The van der Waals surface area contributed by atoms with E-state index >= 15 is 0 Å². The van der Waals surface area contributed by atoms with E-state index in [2.05, 4.69) is 5.10 Å². The third-order valence-corrected chi connectivity index (χ3v) is 5.20. The topological polar surface area (TPSA) is 74.3 Å². The first-order valence-corrected chi connectivity index (χ1v) is 9.66. The van der Waals surface area contributed by atoms with Crippen LogP contribution in [0, 0.1) is 13.8 Å². The van der Waals surface area contributed by atoms with Crippen molar-refractivity contribution in [1.82, 2.24) is 19.3 Å². The number of aromatic nitrogens is 4. The van der Waals surface area contributed by atoms with E-state index in [1.807, 2.05) is 25.1 Å². The molecule has 0 spiro atoms. The van der Waals surface area contributed by atoms with Gasteiger partial charge in [0.05, 0.1) is 42.7 Å². The summed E-state index contributed by atoms with van der Waals surface area (Å²) in [4.78, 5) is 4.73. The highest BCUT2D eigenvalue weighted by molar-refractivity contribution is 5.93. The maximum absolute atomic E-state index is 12.7. The van der Waals surface area contributed by atoms with Crippen molar-refractivity contribution in [3.63, 3.8) is 0 Å². The number of pyridine rings is 1. The monoisotopic (exact) mass is 446 g/mol. The maximum Gasteiger partial charge on any atom is 0.408 e. The Morgan fingerprint density at radius 3 is 2.28 bits per heavy atom. The number of benzene rings is 1. The SMILES string of the molecule is COc1cc(OC)cc(-c2cc(C)c3c(O)n(-c4cnn(CC(F)(F)F)c4)c(C)c3n2)c1. The minimum absolute atomic E-state index is 0.108. The normalized spacial score (nSPS) is 11.8. The van der Waals surface area contributed by atoms with E-state index < -0.39 is 12.7 Å². The van der Waals surface area contributed by atoms with Gasteiger partial charge in [0.25, 0.3) is 0 Å². The maximum atomic E-state index is 12.7. The van der Waals surface area contributed by atoms with E-state index in [9.17, 15) is 18.3 Å². The number of aryl methyl sites for hydroxylation is 2. The minimum Gasteiger partial charge on any atom is -0.497 e. The summed E-state index contributed by atoms with van der Waals surface area (Å²) < 4.78 is 51.0. The number of alkyl halides is 3. The van der Waals surface area contributed by atoms with Gasteiger partial charge >= 0.3 is 6.18 Å². The first-order valence-electron chi connectivity index (χ1n) is 9.66. The molecule has 168 valence electrons. The summed E-state index contributed by atoms with van der Waals surface area (Å²) in [6.45, 7) is 2.36. The van der Waals surface area contributed by atoms with Crippen molar-refractivity contribution in [2.75, 3.05) is 14.2 Å². The van der Waals surface area contributed by atoms with E-state index in [0.717, 1.165) is 15.8 Å². The van der Waals surface area contributed by atoms with Crippen molar-refractivity contribution in [1.29, 1.82) is 0 Å². The molecule has 10 heteroatoms. The largest absolute Gasteiger partial charge is 0.497 e. The van der Waals surface area contributed by atoms with Crippen molar-refractivity contribution in [2.24, 2.45) is 0 Å². The zero-order valence-electron chi connectivity index (χ0n) is 17.9. The Labute approximate surface area is 181 Å². The van der Waals surface area contributed by atoms with Gasteiger partial charge in [-0.05, 0) is 37.6 Å². The summed E-state index contributed by atoms with van der Waals surface area (Å²) >= 11 is 0. The highest BCUT2D eigenvalue weighted by Crippen LogP contribution is 2.38. The standard InChI is InChI=1S/C22H21F3N4O3/c1-12-5-18(14-6-16(31-3)8-17(7-14)32-4)27-20-13(2)29(21(30)19(12)20)15-9-26-28(10-15)11-22(23,24)25/h5-10,30H,11H2,1-4H3. The number of hydrogen-bond acceptors (Lipinski definition) is 5. The minimum atomic E-state index is -4.40. The fourth-order valence-corrected chi connectivity index (χ4v) is 3.75. The Kier molecular flexibility index (Phi) is 5.23. The molecule has 4 aromatic rings. The summed E-state index contributed by atoms with van der Waals surface area (Å²) in [5.41, 5.74) is 3.57. The van der Waals surface area contributed by atoms with Gasteiger partial charge in [-0.15, -0.1) is 0 Å². The predicted octanol–water partition coefficient (Wildman–Crippen LogP) is 4.79. The fourth-order valence-electron chi connectivity index (χ4n) is 3.75. The lowest BCUT2D eigenvalue weighted by Gasteiger charge is -2.09. The molecular weight excluding hydrogens is 425 g/mol. The molecule has 0 aliphatic rings. The number of ether oxygens (including phenoxy) is 2. The van der Waals surface area contributed by atoms with E-state index in [0.29, 0.717) is 39.5 Å². The molecule has 0 amide bonds. The van der Waals surface area contributed by atoms with Crippen molar-refractivity contribution in [2.45, 2.75) is 26.6 Å². The van der Waals surface area contributed by atoms with Crippen LogP contribution in [0.2, 0.25) is 0 Å². The quantitative estimate of drug-likeness (QED) is 0.477. The molecule has 0 bridgehead atoms. The van der Waals surface area contributed by atoms with Crippen molar-refractivity contribution >= 4 is 10.9 Å². The molecule has 4 rings (SSSR count). The Balaban J connectivity index is 1.86. The summed E-state index contributed by atoms with van der Waals surface area (Å²) in [7, 11) is 3.11. The number of methoxy groups -OCH3 is 2. The third kappa shape index (κ3) is 3.83. The number of halogens is 3. The smallest absolute Gasteiger partial charge is 0.408 e. The second-order valence-corrected chi connectivity index (χ2v) is 7.41. The van der Waals surface area contributed by atoms with Crippen LogP contribution in [0.1, 0.15) is 11.3 Å². The van der Waals surface area contributed by atoms with Crippen LogP contribution < -0.4 is 9.47 Å². The number of nitrogens with zero attached hydrogens (tertiary/aromatic N) is 4. The zero-order chi connectivity index (χ0) is 23.2. The average molecular weight is 446 g/mol. The Bertz CT molecular complexity index is 1290. The average Bonchev–Trinajstić information content (AvgIpc) is 3.28. The molecular formula is C22H21F3N4O3. The van der Waals surface area contributed by atoms with Gasteiger partial charge in [-0.25, -0.2) is 4.98 Å². The molecule has 0 unspecified atom stereocenters. The van der Waals surface area contributed by atoms with E-state index in [4.69, 9.17) is 14.5 Å². The molecule has 32 heavy (non-hydrogen) atoms. The second kappa shape index (κ2) is 7.77. The summed E-state index contributed by atoms with van der Waals surface area (Å²) in [6.07, 6.45) is -1.88. The molecule has 1 aromatic carbocycles. The first kappa shape index (κ1) is 21.5.